The number of furan rings is 1. The Morgan fingerprint density at radius 2 is 2.19 bits per heavy atom. The molecule has 1 amide bonds. The lowest BCUT2D eigenvalue weighted by molar-refractivity contribution is -0.385. The fourth-order valence-corrected chi connectivity index (χ4v) is 1.73. The normalized spacial score (nSPS) is 10.2. The number of hydrazine groups is 1. The third-order valence-corrected chi connectivity index (χ3v) is 2.76. The van der Waals surface area contributed by atoms with E-state index in [1.54, 1.807) is 19.1 Å². The number of benzene rings is 1. The number of rotatable bonds is 5. The molecule has 0 fully saturated rings. The first-order valence-electron chi connectivity index (χ1n) is 5.98. The maximum atomic E-state index is 11.2. The second-order valence-electron chi connectivity index (χ2n) is 4.23. The number of nitrogens with zero attached hydrogens (tertiary/aromatic N) is 1. The van der Waals surface area contributed by atoms with Crippen molar-refractivity contribution in [2.24, 2.45) is 5.84 Å². The van der Waals surface area contributed by atoms with Gasteiger partial charge in [0.25, 0.3) is 5.69 Å². The van der Waals surface area contributed by atoms with Crippen molar-refractivity contribution in [3.05, 3.63) is 57.5 Å². The van der Waals surface area contributed by atoms with Crippen molar-refractivity contribution < 1.29 is 18.9 Å². The fraction of sp³-hybridized carbons (Fsp3) is 0.154. The first-order valence-corrected chi connectivity index (χ1v) is 5.98. The van der Waals surface area contributed by atoms with Gasteiger partial charge in [-0.3, -0.25) is 20.3 Å². The molecule has 0 unspecified atom stereocenters. The standard InChI is InChI=1S/C13H13N3O5/c1-8-6-9(2-4-11(8)16(18)19)20-7-10-3-5-12(21-10)13(17)15-14/h2-6H,7,14H2,1H3,(H,15,17). The van der Waals surface area contributed by atoms with Gasteiger partial charge in [0, 0.05) is 11.6 Å². The zero-order chi connectivity index (χ0) is 15.4. The van der Waals surface area contributed by atoms with Gasteiger partial charge in [-0.05, 0) is 31.2 Å². The lowest BCUT2D eigenvalue weighted by Crippen LogP contribution is -2.29. The van der Waals surface area contributed by atoms with Crippen molar-refractivity contribution >= 4 is 11.6 Å². The van der Waals surface area contributed by atoms with E-state index in [1.807, 2.05) is 5.43 Å². The van der Waals surface area contributed by atoms with Gasteiger partial charge in [0.1, 0.15) is 18.1 Å². The van der Waals surface area contributed by atoms with Crippen LogP contribution in [-0.2, 0) is 6.61 Å². The van der Waals surface area contributed by atoms with E-state index in [4.69, 9.17) is 15.0 Å². The lowest BCUT2D eigenvalue weighted by Gasteiger charge is -2.05. The number of nitro benzene ring substituents is 1. The topological polar surface area (TPSA) is 121 Å². The van der Waals surface area contributed by atoms with Gasteiger partial charge in [-0.2, -0.15) is 0 Å². The van der Waals surface area contributed by atoms with E-state index in [-0.39, 0.29) is 18.1 Å². The zero-order valence-electron chi connectivity index (χ0n) is 11.2. The molecule has 8 nitrogen and oxygen atoms in total. The molecule has 2 aromatic rings. The fourth-order valence-electron chi connectivity index (χ4n) is 1.73. The number of aryl methyl sites for hydroxylation is 1. The van der Waals surface area contributed by atoms with Crippen molar-refractivity contribution in [3.63, 3.8) is 0 Å². The summed E-state index contributed by atoms with van der Waals surface area (Å²) in [6, 6.07) is 7.50. The van der Waals surface area contributed by atoms with Crippen LogP contribution in [0.15, 0.2) is 34.7 Å². The van der Waals surface area contributed by atoms with Crippen LogP contribution >= 0.6 is 0 Å². The van der Waals surface area contributed by atoms with E-state index >= 15 is 0 Å². The van der Waals surface area contributed by atoms with Crippen LogP contribution in [0.5, 0.6) is 5.75 Å². The van der Waals surface area contributed by atoms with Crippen LogP contribution in [0.4, 0.5) is 5.69 Å². The van der Waals surface area contributed by atoms with Gasteiger partial charge in [0.2, 0.25) is 0 Å². The number of amides is 1. The summed E-state index contributed by atoms with van der Waals surface area (Å²) in [4.78, 5) is 21.5. The van der Waals surface area contributed by atoms with E-state index in [1.165, 1.54) is 18.2 Å². The molecule has 0 aliphatic heterocycles. The molecular formula is C13H13N3O5. The Balaban J connectivity index is 2.03. The highest BCUT2D eigenvalue weighted by Crippen LogP contribution is 2.23. The maximum Gasteiger partial charge on any atom is 0.300 e. The molecule has 0 radical (unpaired) electrons. The molecule has 110 valence electrons. The summed E-state index contributed by atoms with van der Waals surface area (Å²) in [5.74, 6) is 5.44. The number of nitrogens with one attached hydrogen (secondary N) is 1. The van der Waals surface area contributed by atoms with Gasteiger partial charge in [-0.25, -0.2) is 5.84 Å². The number of hydrogen-bond acceptors (Lipinski definition) is 6. The maximum absolute atomic E-state index is 11.2. The highest BCUT2D eigenvalue weighted by Gasteiger charge is 2.12. The molecule has 8 heteroatoms. The van der Waals surface area contributed by atoms with Gasteiger partial charge in [-0.1, -0.05) is 0 Å². The summed E-state index contributed by atoms with van der Waals surface area (Å²) in [6.45, 7) is 1.72. The average molecular weight is 291 g/mol. The summed E-state index contributed by atoms with van der Waals surface area (Å²) >= 11 is 0. The average Bonchev–Trinajstić information content (AvgIpc) is 2.92. The lowest BCUT2D eigenvalue weighted by atomic mass is 10.2. The molecule has 3 N–H and O–H groups in total. The van der Waals surface area contributed by atoms with E-state index in [9.17, 15) is 14.9 Å². The minimum atomic E-state index is -0.535. The Morgan fingerprint density at radius 3 is 2.81 bits per heavy atom. The van der Waals surface area contributed by atoms with Crippen LogP contribution in [0.3, 0.4) is 0 Å². The predicted octanol–water partition coefficient (Wildman–Crippen LogP) is 1.68. The number of nitrogens with two attached hydrogens (primary N) is 1. The monoisotopic (exact) mass is 291 g/mol. The number of hydrogen-bond donors (Lipinski definition) is 2. The second-order valence-corrected chi connectivity index (χ2v) is 4.23. The molecule has 0 spiro atoms. The SMILES string of the molecule is Cc1cc(OCc2ccc(C(=O)NN)o2)ccc1[N+](=O)[O-]. The number of nitro groups is 1. The minimum Gasteiger partial charge on any atom is -0.486 e. The number of nitrogen functional groups attached to an aromatic ring is 1. The largest absolute Gasteiger partial charge is 0.486 e. The Morgan fingerprint density at radius 1 is 1.43 bits per heavy atom. The Hall–Kier alpha value is -2.87. The van der Waals surface area contributed by atoms with E-state index in [0.717, 1.165) is 0 Å². The quantitative estimate of drug-likeness (QED) is 0.374. The van der Waals surface area contributed by atoms with Crippen LogP contribution in [0.25, 0.3) is 0 Å². The third kappa shape index (κ3) is 3.37. The van der Waals surface area contributed by atoms with Crippen LogP contribution in [0.1, 0.15) is 21.9 Å². The molecular weight excluding hydrogens is 278 g/mol. The summed E-state index contributed by atoms with van der Waals surface area (Å²) in [5.41, 5.74) is 2.49. The molecule has 0 aliphatic rings. The number of ether oxygens (including phenoxy) is 1. The van der Waals surface area contributed by atoms with E-state index in [2.05, 4.69) is 0 Å². The summed E-state index contributed by atoms with van der Waals surface area (Å²) in [5, 5.41) is 10.7. The molecule has 21 heavy (non-hydrogen) atoms. The molecule has 1 heterocycles. The van der Waals surface area contributed by atoms with Crippen molar-refractivity contribution in [2.75, 3.05) is 0 Å². The Kier molecular flexibility index (Phi) is 4.19. The van der Waals surface area contributed by atoms with Crippen molar-refractivity contribution in [1.82, 2.24) is 5.43 Å². The predicted molar refractivity (Wildman–Crippen MR) is 72.5 cm³/mol. The Bertz CT molecular complexity index is 680. The van der Waals surface area contributed by atoms with Gasteiger partial charge >= 0.3 is 5.91 Å². The highest BCUT2D eigenvalue weighted by molar-refractivity contribution is 5.90. The van der Waals surface area contributed by atoms with Crippen LogP contribution in [-0.4, -0.2) is 10.8 Å². The summed E-state index contributed by atoms with van der Waals surface area (Å²) in [7, 11) is 0. The van der Waals surface area contributed by atoms with E-state index < -0.39 is 10.8 Å². The molecule has 0 saturated heterocycles. The minimum absolute atomic E-state index is 0.0299. The molecule has 0 bridgehead atoms. The van der Waals surface area contributed by atoms with Crippen molar-refractivity contribution in [3.8, 4) is 5.75 Å². The first kappa shape index (κ1) is 14.5. The molecule has 1 aromatic carbocycles. The highest BCUT2D eigenvalue weighted by atomic mass is 16.6. The summed E-state index contributed by atoms with van der Waals surface area (Å²) < 4.78 is 10.7. The first-order chi connectivity index (χ1) is 10.0. The Labute approximate surface area is 119 Å². The number of carbonyl (C=O) groups excluding carboxylic acids is 1. The van der Waals surface area contributed by atoms with Crippen molar-refractivity contribution in [1.29, 1.82) is 0 Å². The van der Waals surface area contributed by atoms with E-state index in [0.29, 0.717) is 17.1 Å². The van der Waals surface area contributed by atoms with Gasteiger partial charge in [-0.15, -0.1) is 0 Å². The van der Waals surface area contributed by atoms with Crippen LogP contribution in [0, 0.1) is 17.0 Å². The second kappa shape index (κ2) is 6.06. The molecule has 1 aromatic heterocycles. The van der Waals surface area contributed by atoms with Gasteiger partial charge in [0.15, 0.2) is 5.76 Å². The van der Waals surface area contributed by atoms with Crippen LogP contribution in [0.2, 0.25) is 0 Å². The molecule has 0 atom stereocenters. The third-order valence-electron chi connectivity index (χ3n) is 2.76. The summed E-state index contributed by atoms with van der Waals surface area (Å²) in [6.07, 6.45) is 0. The smallest absolute Gasteiger partial charge is 0.300 e. The zero-order valence-corrected chi connectivity index (χ0v) is 11.2. The molecule has 0 saturated carbocycles. The molecule has 0 aliphatic carbocycles. The van der Waals surface area contributed by atoms with Gasteiger partial charge in [0.05, 0.1) is 4.92 Å². The molecule has 2 rings (SSSR count). The number of carbonyl (C=O) groups is 1. The van der Waals surface area contributed by atoms with Crippen LogP contribution < -0.4 is 16.0 Å². The van der Waals surface area contributed by atoms with Crippen molar-refractivity contribution in [2.45, 2.75) is 13.5 Å². The van der Waals surface area contributed by atoms with Gasteiger partial charge < -0.3 is 9.15 Å².